The Morgan fingerprint density at radius 3 is 2.89 bits per heavy atom. The summed E-state index contributed by atoms with van der Waals surface area (Å²) in [5.74, 6) is 1.00. The normalized spacial score (nSPS) is 18.7. The predicted octanol–water partition coefficient (Wildman–Crippen LogP) is 2.95. The minimum atomic E-state index is -0.202. The number of piperidine rings is 1. The van der Waals surface area contributed by atoms with Crippen LogP contribution in [0.1, 0.15) is 28.9 Å². The van der Waals surface area contributed by atoms with Gasteiger partial charge in [0.1, 0.15) is 0 Å². The van der Waals surface area contributed by atoms with Crippen molar-refractivity contribution >= 4 is 17.8 Å². The van der Waals surface area contributed by atoms with Crippen LogP contribution in [0, 0.1) is 5.92 Å². The molecule has 0 saturated carbocycles. The molecule has 1 saturated heterocycles. The number of carbonyl (C=O) groups is 2. The summed E-state index contributed by atoms with van der Waals surface area (Å²) in [5.41, 5.74) is 1.33. The number of nitrogens with zero attached hydrogens (tertiary/aromatic N) is 2. The van der Waals surface area contributed by atoms with Crippen LogP contribution >= 0.6 is 0 Å². The Bertz CT molecular complexity index is 879. The van der Waals surface area contributed by atoms with Crippen molar-refractivity contribution in [1.29, 1.82) is 0 Å². The minimum Gasteiger partial charge on any atom is -0.454 e. The third-order valence-corrected chi connectivity index (χ3v) is 4.85. The van der Waals surface area contributed by atoms with Gasteiger partial charge in [0.2, 0.25) is 12.7 Å². The van der Waals surface area contributed by atoms with E-state index in [4.69, 9.17) is 9.47 Å². The number of rotatable bonds is 4. The fourth-order valence-electron chi connectivity index (χ4n) is 3.41. The van der Waals surface area contributed by atoms with E-state index >= 15 is 0 Å². The van der Waals surface area contributed by atoms with Crippen molar-refractivity contribution in [2.75, 3.05) is 19.9 Å². The van der Waals surface area contributed by atoms with E-state index in [9.17, 15) is 9.59 Å². The molecule has 1 aromatic carbocycles. The standard InChI is InChI=1S/C21H20N2O4/c24-20(9-7-17-5-1-2-10-22-17)23-11-3-4-16(13-23)21(25)15-6-8-18-19(12-15)27-14-26-18/h1-2,5-10,12,16H,3-4,11,13-14H2/b9-7+/t16-/m1/s1. The van der Waals surface area contributed by atoms with Crippen molar-refractivity contribution in [2.24, 2.45) is 5.92 Å². The van der Waals surface area contributed by atoms with E-state index < -0.39 is 0 Å². The van der Waals surface area contributed by atoms with E-state index in [0.717, 1.165) is 18.5 Å². The topological polar surface area (TPSA) is 68.7 Å². The molecule has 2 aromatic rings. The number of amides is 1. The third-order valence-electron chi connectivity index (χ3n) is 4.85. The molecule has 0 aliphatic carbocycles. The highest BCUT2D eigenvalue weighted by Gasteiger charge is 2.29. The molecule has 1 aromatic heterocycles. The van der Waals surface area contributed by atoms with Crippen LogP contribution < -0.4 is 9.47 Å². The molecule has 0 unspecified atom stereocenters. The van der Waals surface area contributed by atoms with Crippen molar-refractivity contribution in [3.8, 4) is 11.5 Å². The number of benzene rings is 1. The second-order valence-corrected chi connectivity index (χ2v) is 6.64. The zero-order chi connectivity index (χ0) is 18.6. The summed E-state index contributed by atoms with van der Waals surface area (Å²) in [5, 5.41) is 0. The first-order valence-electron chi connectivity index (χ1n) is 9.02. The van der Waals surface area contributed by atoms with Crippen LogP contribution in [0.15, 0.2) is 48.7 Å². The lowest BCUT2D eigenvalue weighted by Gasteiger charge is -2.31. The van der Waals surface area contributed by atoms with Crippen LogP contribution in [-0.4, -0.2) is 41.5 Å². The molecule has 1 amide bonds. The highest BCUT2D eigenvalue weighted by Crippen LogP contribution is 2.33. The molecular formula is C21H20N2O4. The van der Waals surface area contributed by atoms with E-state index in [1.165, 1.54) is 6.08 Å². The van der Waals surface area contributed by atoms with Crippen LogP contribution in [-0.2, 0) is 4.79 Å². The maximum atomic E-state index is 12.9. The smallest absolute Gasteiger partial charge is 0.246 e. The highest BCUT2D eigenvalue weighted by atomic mass is 16.7. The number of fused-ring (bicyclic) bond motifs is 1. The maximum absolute atomic E-state index is 12.9. The van der Waals surface area contributed by atoms with Gasteiger partial charge in [0.15, 0.2) is 17.3 Å². The van der Waals surface area contributed by atoms with Gasteiger partial charge < -0.3 is 14.4 Å². The fraction of sp³-hybridized carbons (Fsp3) is 0.286. The summed E-state index contributed by atoms with van der Waals surface area (Å²) in [4.78, 5) is 31.3. The molecular weight excluding hydrogens is 344 g/mol. The van der Waals surface area contributed by atoms with Gasteiger partial charge in [-0.3, -0.25) is 14.6 Å². The molecule has 3 heterocycles. The van der Waals surface area contributed by atoms with Gasteiger partial charge in [-0.05, 0) is 49.2 Å². The van der Waals surface area contributed by atoms with Crippen molar-refractivity contribution in [3.05, 3.63) is 59.9 Å². The first kappa shape index (κ1) is 17.3. The predicted molar refractivity (Wildman–Crippen MR) is 99.5 cm³/mol. The lowest BCUT2D eigenvalue weighted by atomic mass is 9.90. The van der Waals surface area contributed by atoms with Gasteiger partial charge >= 0.3 is 0 Å². The third kappa shape index (κ3) is 3.84. The van der Waals surface area contributed by atoms with E-state index in [0.29, 0.717) is 30.2 Å². The Kier molecular flexibility index (Phi) is 4.87. The van der Waals surface area contributed by atoms with Crippen LogP contribution in [0.25, 0.3) is 6.08 Å². The Labute approximate surface area is 157 Å². The average molecular weight is 364 g/mol. The second-order valence-electron chi connectivity index (χ2n) is 6.64. The molecule has 1 atom stereocenters. The summed E-state index contributed by atoms with van der Waals surface area (Å²) in [6, 6.07) is 10.8. The van der Waals surface area contributed by atoms with Gasteiger partial charge in [-0.15, -0.1) is 0 Å². The molecule has 0 spiro atoms. The number of ketones is 1. The summed E-state index contributed by atoms with van der Waals surface area (Å²) >= 11 is 0. The first-order valence-corrected chi connectivity index (χ1v) is 9.02. The molecule has 0 radical (unpaired) electrons. The molecule has 0 bridgehead atoms. The van der Waals surface area contributed by atoms with Gasteiger partial charge in [-0.25, -0.2) is 0 Å². The van der Waals surface area contributed by atoms with Crippen molar-refractivity contribution in [2.45, 2.75) is 12.8 Å². The molecule has 6 nitrogen and oxygen atoms in total. The van der Waals surface area contributed by atoms with Crippen molar-refractivity contribution < 1.29 is 19.1 Å². The van der Waals surface area contributed by atoms with Crippen molar-refractivity contribution in [3.63, 3.8) is 0 Å². The zero-order valence-corrected chi connectivity index (χ0v) is 14.8. The number of hydrogen-bond donors (Lipinski definition) is 0. The van der Waals surface area contributed by atoms with Crippen LogP contribution in [0.2, 0.25) is 0 Å². The monoisotopic (exact) mass is 364 g/mol. The van der Waals surface area contributed by atoms with E-state index in [2.05, 4.69) is 4.98 Å². The number of pyridine rings is 1. The highest BCUT2D eigenvalue weighted by molar-refractivity contribution is 5.99. The summed E-state index contributed by atoms with van der Waals surface area (Å²) in [7, 11) is 0. The molecule has 1 fully saturated rings. The van der Waals surface area contributed by atoms with Gasteiger partial charge in [0.05, 0.1) is 5.69 Å². The first-order chi connectivity index (χ1) is 13.2. The summed E-state index contributed by atoms with van der Waals surface area (Å²) in [6.45, 7) is 1.27. The zero-order valence-electron chi connectivity index (χ0n) is 14.8. The van der Waals surface area contributed by atoms with E-state index in [1.807, 2.05) is 18.2 Å². The number of hydrogen-bond acceptors (Lipinski definition) is 5. The molecule has 0 N–H and O–H groups in total. The van der Waals surface area contributed by atoms with Gasteiger partial charge in [0, 0.05) is 36.8 Å². The van der Waals surface area contributed by atoms with Crippen LogP contribution in [0.5, 0.6) is 11.5 Å². The minimum absolute atomic E-state index is 0.0412. The molecule has 138 valence electrons. The van der Waals surface area contributed by atoms with Crippen LogP contribution in [0.4, 0.5) is 0 Å². The quantitative estimate of drug-likeness (QED) is 0.616. The molecule has 4 rings (SSSR count). The van der Waals surface area contributed by atoms with E-state index in [1.54, 1.807) is 35.4 Å². The maximum Gasteiger partial charge on any atom is 0.246 e. The van der Waals surface area contributed by atoms with Gasteiger partial charge in [-0.1, -0.05) is 6.07 Å². The average Bonchev–Trinajstić information content (AvgIpc) is 3.20. The summed E-state index contributed by atoms with van der Waals surface area (Å²) < 4.78 is 10.6. The number of aromatic nitrogens is 1. The lowest BCUT2D eigenvalue weighted by Crippen LogP contribution is -2.41. The van der Waals surface area contributed by atoms with Gasteiger partial charge in [0.25, 0.3) is 0 Å². The SMILES string of the molecule is O=C(c1ccc2c(c1)OCO2)[C@@H]1CCCN(C(=O)/C=C/c2ccccn2)C1. The fourth-order valence-corrected chi connectivity index (χ4v) is 3.41. The van der Waals surface area contributed by atoms with E-state index in [-0.39, 0.29) is 24.4 Å². The Morgan fingerprint density at radius 1 is 1.15 bits per heavy atom. The number of Topliss-reactive ketones (excluding diaryl/α,β-unsaturated/α-hetero) is 1. The van der Waals surface area contributed by atoms with Crippen molar-refractivity contribution in [1.82, 2.24) is 9.88 Å². The molecule has 6 heteroatoms. The molecule has 2 aliphatic rings. The molecule has 2 aliphatic heterocycles. The number of carbonyl (C=O) groups excluding carboxylic acids is 2. The summed E-state index contributed by atoms with van der Waals surface area (Å²) in [6.07, 6.45) is 6.50. The molecule has 27 heavy (non-hydrogen) atoms. The van der Waals surface area contributed by atoms with Crippen LogP contribution in [0.3, 0.4) is 0 Å². The number of ether oxygens (including phenoxy) is 2. The largest absolute Gasteiger partial charge is 0.454 e. The number of likely N-dealkylation sites (tertiary alicyclic amines) is 1. The Balaban J connectivity index is 1.42. The Hall–Kier alpha value is -3.15. The lowest BCUT2D eigenvalue weighted by molar-refractivity contribution is -0.127. The van der Waals surface area contributed by atoms with Gasteiger partial charge in [-0.2, -0.15) is 0 Å². The Morgan fingerprint density at radius 2 is 2.04 bits per heavy atom. The second kappa shape index (κ2) is 7.61.